The molecule has 0 aromatic rings. The zero-order chi connectivity index (χ0) is 14.2. The number of hydrogen-bond acceptors (Lipinski definition) is 6. The van der Waals surface area contributed by atoms with Crippen LogP contribution >= 0.6 is 0 Å². The molecule has 0 N–H and O–H groups in total. The van der Waals surface area contributed by atoms with Crippen molar-refractivity contribution >= 4 is 26.7 Å². The fraction of sp³-hybridized carbons (Fsp3) is 0.727. The minimum Gasteiger partial charge on any atom is -0.455 e. The fourth-order valence-electron chi connectivity index (χ4n) is 1.02. The second kappa shape index (κ2) is 7.86. The zero-order valence-corrected chi connectivity index (χ0v) is 12.3. The van der Waals surface area contributed by atoms with Gasteiger partial charge >= 0.3 is 8.80 Å². The summed E-state index contributed by atoms with van der Waals surface area (Å²) in [5.41, 5.74) is 0. The molecule has 0 radical (unpaired) electrons. The fourth-order valence-corrected chi connectivity index (χ4v) is 3.05. The summed E-state index contributed by atoms with van der Waals surface area (Å²) in [6.45, 7) is 6.49. The molecule has 0 saturated carbocycles. The predicted molar refractivity (Wildman–Crippen MR) is 65.4 cm³/mol. The van der Waals surface area contributed by atoms with Crippen molar-refractivity contribution in [2.75, 3.05) is 0 Å². The number of rotatable bonds is 7. The van der Waals surface area contributed by atoms with Crippen molar-refractivity contribution in [1.82, 2.24) is 0 Å². The van der Waals surface area contributed by atoms with Crippen LogP contribution in [-0.4, -0.2) is 26.7 Å². The lowest BCUT2D eigenvalue weighted by Crippen LogP contribution is -2.49. The third-order valence-corrected chi connectivity index (χ3v) is 4.59. The first-order chi connectivity index (χ1) is 8.42. The van der Waals surface area contributed by atoms with Gasteiger partial charge in [-0.2, -0.15) is 0 Å². The summed E-state index contributed by atoms with van der Waals surface area (Å²) in [6, 6.07) is 0.177. The van der Waals surface area contributed by atoms with Crippen molar-refractivity contribution in [2.24, 2.45) is 0 Å². The van der Waals surface area contributed by atoms with Gasteiger partial charge in [-0.05, 0) is 0 Å². The van der Waals surface area contributed by atoms with Crippen molar-refractivity contribution in [1.29, 1.82) is 0 Å². The molecule has 0 aliphatic rings. The van der Waals surface area contributed by atoms with Crippen LogP contribution in [0.5, 0.6) is 0 Å². The van der Waals surface area contributed by atoms with E-state index in [-0.39, 0.29) is 25.3 Å². The Labute approximate surface area is 108 Å². The van der Waals surface area contributed by atoms with Crippen LogP contribution in [0.2, 0.25) is 6.04 Å². The molecule has 0 atom stereocenters. The highest BCUT2D eigenvalue weighted by atomic mass is 28.4. The van der Waals surface area contributed by atoms with Crippen LogP contribution < -0.4 is 0 Å². The molecule has 0 fully saturated rings. The Morgan fingerprint density at radius 2 is 1.00 bits per heavy atom. The van der Waals surface area contributed by atoms with Gasteiger partial charge in [0.05, 0.1) is 6.04 Å². The van der Waals surface area contributed by atoms with Gasteiger partial charge in [0.1, 0.15) is 0 Å². The smallest absolute Gasteiger partial charge is 0.455 e. The minimum absolute atomic E-state index is 0.127. The Hall–Kier alpha value is -1.37. The maximum Gasteiger partial charge on any atom is 0.704 e. The van der Waals surface area contributed by atoms with Gasteiger partial charge in [0, 0.05) is 19.3 Å². The molecule has 0 bridgehead atoms. The summed E-state index contributed by atoms with van der Waals surface area (Å²) < 4.78 is 15.3. The topological polar surface area (TPSA) is 78.9 Å². The summed E-state index contributed by atoms with van der Waals surface area (Å²) in [5, 5.41) is 0. The summed E-state index contributed by atoms with van der Waals surface area (Å²) in [5.74, 6) is -1.64. The highest BCUT2D eigenvalue weighted by molar-refractivity contribution is 6.65. The second-order valence-corrected chi connectivity index (χ2v) is 6.20. The van der Waals surface area contributed by atoms with Crippen LogP contribution in [0.4, 0.5) is 0 Å². The molecule has 0 unspecified atom stereocenters. The molecule has 104 valence electrons. The lowest BCUT2D eigenvalue weighted by Gasteiger charge is -2.26. The zero-order valence-electron chi connectivity index (χ0n) is 11.3. The molecule has 0 rings (SSSR count). The van der Waals surface area contributed by atoms with Gasteiger partial charge in [-0.15, -0.1) is 0 Å². The third-order valence-electron chi connectivity index (χ3n) is 2.11. The van der Waals surface area contributed by atoms with E-state index in [1.54, 1.807) is 27.7 Å². The number of carbonyl (C=O) groups excluding carboxylic acids is 3. The molecule has 0 aliphatic carbocycles. The standard InChI is InChI=1S/C11H20O6Si/c1-5-9(12)15-18(8-4,16-10(13)6-2)17-11(14)7-3/h5-8H2,1-4H3. The third kappa shape index (κ3) is 5.31. The Kier molecular flexibility index (Phi) is 7.26. The maximum absolute atomic E-state index is 11.4. The summed E-state index contributed by atoms with van der Waals surface area (Å²) in [6.07, 6.45) is 0.381. The SMILES string of the molecule is CCC(=O)O[Si](CC)(OC(=O)CC)OC(=O)CC. The Morgan fingerprint density at radius 1 is 0.722 bits per heavy atom. The van der Waals surface area contributed by atoms with Crippen LogP contribution in [0.15, 0.2) is 0 Å². The second-order valence-electron chi connectivity index (χ2n) is 3.52. The summed E-state index contributed by atoms with van der Waals surface area (Å²) >= 11 is 0. The van der Waals surface area contributed by atoms with Gasteiger partial charge < -0.3 is 13.3 Å². The maximum atomic E-state index is 11.4. The van der Waals surface area contributed by atoms with E-state index in [0.29, 0.717) is 0 Å². The number of hydrogen-bond donors (Lipinski definition) is 0. The largest absolute Gasteiger partial charge is 0.704 e. The molecule has 0 aromatic heterocycles. The average Bonchev–Trinajstić information content (AvgIpc) is 2.37. The van der Waals surface area contributed by atoms with E-state index in [0.717, 1.165) is 0 Å². The van der Waals surface area contributed by atoms with Gasteiger partial charge in [0.15, 0.2) is 0 Å². The van der Waals surface area contributed by atoms with Crippen molar-refractivity contribution in [3.63, 3.8) is 0 Å². The lowest BCUT2D eigenvalue weighted by molar-refractivity contribution is -0.150. The summed E-state index contributed by atoms with van der Waals surface area (Å²) in [7, 11) is -3.57. The van der Waals surface area contributed by atoms with Crippen molar-refractivity contribution in [3.8, 4) is 0 Å². The first-order valence-corrected chi connectivity index (χ1v) is 8.01. The van der Waals surface area contributed by atoms with E-state index < -0.39 is 26.7 Å². The molecule has 18 heavy (non-hydrogen) atoms. The molecular formula is C11H20O6Si. The normalized spacial score (nSPS) is 10.7. The van der Waals surface area contributed by atoms with Crippen LogP contribution in [0.1, 0.15) is 47.0 Å². The highest BCUT2D eigenvalue weighted by Crippen LogP contribution is 2.18. The molecule has 0 aromatic carbocycles. The van der Waals surface area contributed by atoms with Crippen LogP contribution in [0.3, 0.4) is 0 Å². The number of carbonyl (C=O) groups is 3. The molecule has 0 spiro atoms. The molecule has 0 saturated heterocycles. The van der Waals surface area contributed by atoms with Crippen molar-refractivity contribution < 1.29 is 27.7 Å². The van der Waals surface area contributed by atoms with E-state index >= 15 is 0 Å². The summed E-state index contributed by atoms with van der Waals surface area (Å²) in [4.78, 5) is 34.1. The van der Waals surface area contributed by atoms with Crippen molar-refractivity contribution in [2.45, 2.75) is 53.0 Å². The van der Waals surface area contributed by atoms with Crippen LogP contribution in [0, 0.1) is 0 Å². The molecule has 0 aliphatic heterocycles. The van der Waals surface area contributed by atoms with E-state index in [9.17, 15) is 14.4 Å². The lowest BCUT2D eigenvalue weighted by atomic mass is 10.5. The predicted octanol–water partition coefficient (Wildman–Crippen LogP) is 1.80. The molecule has 0 heterocycles. The van der Waals surface area contributed by atoms with E-state index in [2.05, 4.69) is 0 Å². The van der Waals surface area contributed by atoms with E-state index in [1.165, 1.54) is 0 Å². The van der Waals surface area contributed by atoms with Crippen molar-refractivity contribution in [3.05, 3.63) is 0 Å². The molecule has 7 heteroatoms. The van der Waals surface area contributed by atoms with Gasteiger partial charge in [0.2, 0.25) is 0 Å². The van der Waals surface area contributed by atoms with Gasteiger partial charge in [-0.3, -0.25) is 14.4 Å². The first kappa shape index (κ1) is 16.6. The van der Waals surface area contributed by atoms with Gasteiger partial charge in [0.25, 0.3) is 17.9 Å². The van der Waals surface area contributed by atoms with E-state index in [1.807, 2.05) is 0 Å². The molecular weight excluding hydrogens is 256 g/mol. The monoisotopic (exact) mass is 276 g/mol. The van der Waals surface area contributed by atoms with Gasteiger partial charge in [-0.25, -0.2) is 0 Å². The minimum atomic E-state index is -3.57. The van der Waals surface area contributed by atoms with Crippen LogP contribution in [0.25, 0.3) is 0 Å². The average molecular weight is 276 g/mol. The Morgan fingerprint density at radius 3 is 1.17 bits per heavy atom. The Bertz CT molecular complexity index is 269. The first-order valence-electron chi connectivity index (χ1n) is 6.08. The highest BCUT2D eigenvalue weighted by Gasteiger charge is 2.50. The van der Waals surface area contributed by atoms with E-state index in [4.69, 9.17) is 13.3 Å². The quantitative estimate of drug-likeness (QED) is 0.660. The molecule has 6 nitrogen and oxygen atoms in total. The molecule has 0 amide bonds. The van der Waals surface area contributed by atoms with Gasteiger partial charge in [-0.1, -0.05) is 27.7 Å². The Balaban J connectivity index is 4.98. The van der Waals surface area contributed by atoms with Crippen LogP contribution in [-0.2, 0) is 27.7 Å².